The standard InChI is InChI=1S/C33H37N3O8S/c1-34(20-22-43-29-9-5-6-21-42-29)18-19-35-27-7-3-4-8-28(27)45-31(23-12-16-26(41-2)17-13-23)30(32(35)37)44-33(38)24-10-14-25(15-11-24)36(39)40/h3-4,7-8,10-17,29-31H,5-6,9,18-22H2,1-2H3/t29?,30-,31+/m1/s1. The lowest BCUT2D eigenvalue weighted by molar-refractivity contribution is -0.384. The molecule has 2 heterocycles. The number of rotatable bonds is 12. The topological polar surface area (TPSA) is 121 Å². The third-order valence-corrected chi connectivity index (χ3v) is 9.18. The van der Waals surface area contributed by atoms with Gasteiger partial charge in [-0.3, -0.25) is 14.9 Å². The molecule has 1 amide bonds. The minimum atomic E-state index is -1.18. The number of nitro groups is 1. The fraction of sp³-hybridized carbons (Fsp3) is 0.394. The van der Waals surface area contributed by atoms with Crippen molar-refractivity contribution in [3.8, 4) is 5.75 Å². The maximum absolute atomic E-state index is 14.4. The molecular formula is C33H37N3O8S. The zero-order chi connectivity index (χ0) is 31.8. The van der Waals surface area contributed by atoms with Gasteiger partial charge in [0.2, 0.25) is 0 Å². The van der Waals surface area contributed by atoms with E-state index < -0.39 is 22.2 Å². The summed E-state index contributed by atoms with van der Waals surface area (Å²) >= 11 is 1.45. The number of para-hydroxylation sites is 1. The van der Waals surface area contributed by atoms with Gasteiger partial charge in [0.25, 0.3) is 11.6 Å². The molecule has 45 heavy (non-hydrogen) atoms. The Morgan fingerprint density at radius 3 is 2.51 bits per heavy atom. The number of non-ortho nitro benzene ring substituents is 1. The van der Waals surface area contributed by atoms with E-state index >= 15 is 0 Å². The van der Waals surface area contributed by atoms with Gasteiger partial charge in [0.15, 0.2) is 12.4 Å². The Kier molecular flexibility index (Phi) is 11.1. The number of carbonyl (C=O) groups excluding carboxylic acids is 2. The van der Waals surface area contributed by atoms with E-state index in [4.69, 9.17) is 18.9 Å². The summed E-state index contributed by atoms with van der Waals surface area (Å²) in [7, 11) is 3.55. The normalized spacial score (nSPS) is 19.9. The van der Waals surface area contributed by atoms with Crippen LogP contribution in [0.3, 0.4) is 0 Å². The first-order chi connectivity index (χ1) is 21.8. The summed E-state index contributed by atoms with van der Waals surface area (Å²) in [5, 5.41) is 10.6. The first kappa shape index (κ1) is 32.4. The van der Waals surface area contributed by atoms with E-state index in [2.05, 4.69) is 4.90 Å². The average Bonchev–Trinajstić information content (AvgIpc) is 3.18. The van der Waals surface area contributed by atoms with Crippen LogP contribution in [0.5, 0.6) is 5.75 Å². The van der Waals surface area contributed by atoms with Crippen LogP contribution < -0.4 is 9.64 Å². The largest absolute Gasteiger partial charge is 0.497 e. The summed E-state index contributed by atoms with van der Waals surface area (Å²) in [5.74, 6) is -0.441. The van der Waals surface area contributed by atoms with Crippen molar-refractivity contribution in [3.05, 3.63) is 94.0 Å². The number of esters is 1. The molecule has 0 bridgehead atoms. The van der Waals surface area contributed by atoms with E-state index in [1.54, 1.807) is 24.1 Å². The van der Waals surface area contributed by atoms with Crippen LogP contribution in [0, 0.1) is 10.1 Å². The lowest BCUT2D eigenvalue weighted by Crippen LogP contribution is -2.46. The van der Waals surface area contributed by atoms with Crippen LogP contribution in [0.25, 0.3) is 0 Å². The van der Waals surface area contributed by atoms with Crippen LogP contribution in [-0.4, -0.2) is 81.1 Å². The van der Waals surface area contributed by atoms with Gasteiger partial charge in [-0.15, -0.1) is 11.8 Å². The molecule has 0 N–H and O–H groups in total. The van der Waals surface area contributed by atoms with Gasteiger partial charge in [-0.05, 0) is 68.3 Å². The van der Waals surface area contributed by atoms with E-state index in [9.17, 15) is 19.7 Å². The van der Waals surface area contributed by atoms with Crippen LogP contribution in [-0.2, 0) is 19.0 Å². The summed E-state index contributed by atoms with van der Waals surface area (Å²) < 4.78 is 22.9. The molecule has 2 aliphatic rings. The maximum atomic E-state index is 14.4. The van der Waals surface area contributed by atoms with Crippen molar-refractivity contribution < 1.29 is 33.5 Å². The Morgan fingerprint density at radius 2 is 1.82 bits per heavy atom. The van der Waals surface area contributed by atoms with Crippen LogP contribution in [0.1, 0.15) is 40.4 Å². The third-order valence-electron chi connectivity index (χ3n) is 7.81. The highest BCUT2D eigenvalue weighted by molar-refractivity contribution is 7.99. The summed E-state index contributed by atoms with van der Waals surface area (Å²) in [6.45, 7) is 2.80. The first-order valence-corrected chi connectivity index (χ1v) is 15.8. The molecule has 1 unspecified atom stereocenters. The minimum Gasteiger partial charge on any atom is -0.497 e. The highest BCUT2D eigenvalue weighted by Crippen LogP contribution is 2.47. The minimum absolute atomic E-state index is 0.113. The summed E-state index contributed by atoms with van der Waals surface area (Å²) in [5.41, 5.74) is 1.49. The van der Waals surface area contributed by atoms with Crippen LogP contribution >= 0.6 is 11.8 Å². The van der Waals surface area contributed by atoms with Crippen molar-refractivity contribution in [2.45, 2.75) is 41.8 Å². The molecule has 12 heteroatoms. The Bertz CT molecular complexity index is 1460. The molecular weight excluding hydrogens is 598 g/mol. The second kappa shape index (κ2) is 15.3. The van der Waals surface area contributed by atoms with E-state index in [0.29, 0.717) is 32.0 Å². The van der Waals surface area contributed by atoms with Gasteiger partial charge in [-0.1, -0.05) is 24.3 Å². The maximum Gasteiger partial charge on any atom is 0.338 e. The van der Waals surface area contributed by atoms with Gasteiger partial charge < -0.3 is 28.7 Å². The number of anilines is 1. The van der Waals surface area contributed by atoms with E-state index in [-0.39, 0.29) is 23.4 Å². The van der Waals surface area contributed by atoms with E-state index in [1.165, 1.54) is 36.0 Å². The van der Waals surface area contributed by atoms with E-state index in [1.807, 2.05) is 43.4 Å². The summed E-state index contributed by atoms with van der Waals surface area (Å²) in [6.07, 6.45) is 1.71. The smallest absolute Gasteiger partial charge is 0.338 e. The Hall–Kier alpha value is -3.97. The number of ether oxygens (including phenoxy) is 4. The zero-order valence-corrected chi connectivity index (χ0v) is 26.1. The lowest BCUT2D eigenvalue weighted by atomic mass is 10.1. The van der Waals surface area contributed by atoms with Crippen molar-refractivity contribution in [1.29, 1.82) is 0 Å². The summed E-state index contributed by atoms with van der Waals surface area (Å²) in [6, 6.07) is 20.1. The Balaban J connectivity index is 1.38. The van der Waals surface area contributed by atoms with Gasteiger partial charge in [0.1, 0.15) is 5.75 Å². The second-order valence-electron chi connectivity index (χ2n) is 10.9. The molecule has 3 aromatic rings. The second-order valence-corrected chi connectivity index (χ2v) is 12.1. The number of nitro benzene ring substituents is 1. The molecule has 0 aromatic heterocycles. The zero-order valence-electron chi connectivity index (χ0n) is 25.3. The number of carbonyl (C=O) groups is 2. The molecule has 0 spiro atoms. The summed E-state index contributed by atoms with van der Waals surface area (Å²) in [4.78, 5) is 43.1. The molecule has 1 fully saturated rings. The number of benzene rings is 3. The van der Waals surface area contributed by atoms with Gasteiger partial charge >= 0.3 is 5.97 Å². The molecule has 2 aliphatic heterocycles. The van der Waals surface area contributed by atoms with Crippen molar-refractivity contribution in [2.75, 3.05) is 51.9 Å². The molecule has 1 saturated heterocycles. The molecule has 3 aromatic carbocycles. The molecule has 11 nitrogen and oxygen atoms in total. The van der Waals surface area contributed by atoms with Crippen molar-refractivity contribution in [3.63, 3.8) is 0 Å². The number of likely N-dealkylation sites (N-methyl/N-ethyl adjacent to an activating group) is 1. The molecule has 5 rings (SSSR count). The highest BCUT2D eigenvalue weighted by Gasteiger charge is 2.41. The highest BCUT2D eigenvalue weighted by atomic mass is 32.2. The Labute approximate surface area is 266 Å². The number of amides is 1. The van der Waals surface area contributed by atoms with Crippen LogP contribution in [0.15, 0.2) is 77.7 Å². The first-order valence-electron chi connectivity index (χ1n) is 14.9. The average molecular weight is 636 g/mol. The Morgan fingerprint density at radius 1 is 1.07 bits per heavy atom. The monoisotopic (exact) mass is 635 g/mol. The molecule has 0 aliphatic carbocycles. The number of nitrogens with zero attached hydrogens (tertiary/aromatic N) is 3. The van der Waals surface area contributed by atoms with Crippen LogP contribution in [0.4, 0.5) is 11.4 Å². The van der Waals surface area contributed by atoms with Gasteiger partial charge in [0, 0.05) is 43.3 Å². The number of fused-ring (bicyclic) bond motifs is 1. The predicted molar refractivity (Wildman–Crippen MR) is 170 cm³/mol. The van der Waals surface area contributed by atoms with Crippen molar-refractivity contribution >= 4 is 35.0 Å². The molecule has 3 atom stereocenters. The SMILES string of the molecule is COc1ccc([C@@H]2Sc3ccccc3N(CCN(C)CCOC3CCCCO3)C(=O)[C@@H]2OC(=O)c2ccc([N+](=O)[O-])cc2)cc1. The van der Waals surface area contributed by atoms with Crippen LogP contribution in [0.2, 0.25) is 0 Å². The molecule has 238 valence electrons. The van der Waals surface area contributed by atoms with Crippen molar-refractivity contribution in [1.82, 2.24) is 4.90 Å². The fourth-order valence-corrected chi connectivity index (χ4v) is 6.55. The number of thioether (sulfide) groups is 1. The quantitative estimate of drug-likeness (QED) is 0.144. The predicted octanol–water partition coefficient (Wildman–Crippen LogP) is 5.48. The molecule has 0 saturated carbocycles. The number of hydrogen-bond donors (Lipinski definition) is 0. The van der Waals surface area contributed by atoms with E-state index in [0.717, 1.165) is 42.0 Å². The van der Waals surface area contributed by atoms with Crippen molar-refractivity contribution in [2.24, 2.45) is 0 Å². The number of hydrogen-bond acceptors (Lipinski definition) is 10. The fourth-order valence-electron chi connectivity index (χ4n) is 5.23. The third kappa shape index (κ3) is 8.20. The van der Waals surface area contributed by atoms with Gasteiger partial charge in [0.05, 0.1) is 35.1 Å². The van der Waals surface area contributed by atoms with Gasteiger partial charge in [-0.2, -0.15) is 0 Å². The van der Waals surface area contributed by atoms with Gasteiger partial charge in [-0.25, -0.2) is 4.79 Å². The number of methoxy groups -OCH3 is 1. The molecule has 0 radical (unpaired) electrons. The lowest BCUT2D eigenvalue weighted by Gasteiger charge is -2.29.